The van der Waals surface area contributed by atoms with Crippen LogP contribution in [0, 0.1) is 0 Å². The van der Waals surface area contributed by atoms with Crippen LogP contribution in [0.4, 0.5) is 17.5 Å². The number of fused-ring (bicyclic) bond motifs is 1. The van der Waals surface area contributed by atoms with Crippen molar-refractivity contribution in [1.82, 2.24) is 14.9 Å². The Morgan fingerprint density at radius 2 is 1.85 bits per heavy atom. The van der Waals surface area contributed by atoms with E-state index in [0.717, 1.165) is 43.1 Å². The molecule has 7 heteroatoms. The summed E-state index contributed by atoms with van der Waals surface area (Å²) in [5, 5.41) is 3.52. The number of nitrogens with one attached hydrogen (secondary N) is 1. The Labute approximate surface area is 202 Å². The molecule has 1 N–H and O–H groups in total. The van der Waals surface area contributed by atoms with E-state index in [-0.39, 0.29) is 18.1 Å². The van der Waals surface area contributed by atoms with Crippen molar-refractivity contribution in [1.29, 1.82) is 0 Å². The van der Waals surface area contributed by atoms with Crippen molar-refractivity contribution in [3.63, 3.8) is 0 Å². The standard InChI is InChI=1S/C27H37N5O2/c1-18(2)32-17-23-24(26(32)33)29-27(31(3)16-22-10-7-15-34-22)30-25(23)28-21-13-11-20(12-14-21)19-8-5-4-6-9-19/h11-14,18-19,22H,4-10,15-17H2,1-3H3,(H,28,29,30). The average Bonchev–Trinajstić information content (AvgIpc) is 3.48. The molecule has 34 heavy (non-hydrogen) atoms. The third-order valence-corrected chi connectivity index (χ3v) is 7.50. The lowest BCUT2D eigenvalue weighted by atomic mass is 9.84. The second-order valence-electron chi connectivity index (χ2n) is 10.3. The lowest BCUT2D eigenvalue weighted by Crippen LogP contribution is -2.32. The van der Waals surface area contributed by atoms with E-state index < -0.39 is 0 Å². The molecule has 0 spiro atoms. The molecule has 7 nitrogen and oxygen atoms in total. The van der Waals surface area contributed by atoms with Crippen LogP contribution in [0.3, 0.4) is 0 Å². The van der Waals surface area contributed by atoms with Gasteiger partial charge in [0.15, 0.2) is 0 Å². The molecule has 182 valence electrons. The number of aromatic nitrogens is 2. The van der Waals surface area contributed by atoms with Gasteiger partial charge < -0.3 is 19.9 Å². The van der Waals surface area contributed by atoms with Gasteiger partial charge in [0, 0.05) is 37.5 Å². The third-order valence-electron chi connectivity index (χ3n) is 7.50. The Morgan fingerprint density at radius 1 is 1.09 bits per heavy atom. The van der Waals surface area contributed by atoms with Crippen LogP contribution in [-0.2, 0) is 11.3 Å². The summed E-state index contributed by atoms with van der Waals surface area (Å²) >= 11 is 0. The zero-order valence-electron chi connectivity index (χ0n) is 20.7. The van der Waals surface area contributed by atoms with Gasteiger partial charge in [0.25, 0.3) is 5.91 Å². The van der Waals surface area contributed by atoms with Gasteiger partial charge in [-0.1, -0.05) is 31.4 Å². The molecular weight excluding hydrogens is 426 g/mol. The summed E-state index contributed by atoms with van der Waals surface area (Å²) < 4.78 is 5.81. The molecule has 0 radical (unpaired) electrons. The molecule has 1 aliphatic carbocycles. The highest BCUT2D eigenvalue weighted by atomic mass is 16.5. The van der Waals surface area contributed by atoms with E-state index in [1.54, 1.807) is 0 Å². The normalized spacial score (nSPS) is 20.8. The van der Waals surface area contributed by atoms with E-state index in [9.17, 15) is 4.79 Å². The molecule has 3 aliphatic rings. The quantitative estimate of drug-likeness (QED) is 0.605. The SMILES string of the molecule is CC(C)N1Cc2c(Nc3ccc(C4CCCCC4)cc3)nc(N(C)CC3CCCO3)nc2C1=O. The Kier molecular flexibility index (Phi) is 6.73. The van der Waals surface area contributed by atoms with Gasteiger partial charge in [0.05, 0.1) is 12.6 Å². The smallest absolute Gasteiger partial charge is 0.273 e. The minimum absolute atomic E-state index is 0.0186. The summed E-state index contributed by atoms with van der Waals surface area (Å²) in [5.41, 5.74) is 3.81. The van der Waals surface area contributed by atoms with Gasteiger partial charge in [-0.05, 0) is 63.1 Å². The summed E-state index contributed by atoms with van der Waals surface area (Å²) in [4.78, 5) is 26.6. The second kappa shape index (κ2) is 9.90. The number of amides is 1. The predicted octanol–water partition coefficient (Wildman–Crippen LogP) is 5.25. The van der Waals surface area contributed by atoms with Crippen LogP contribution in [0.1, 0.15) is 86.3 Å². The van der Waals surface area contributed by atoms with Gasteiger partial charge in [0.2, 0.25) is 5.95 Å². The maximum absolute atomic E-state index is 13.1. The molecular formula is C27H37N5O2. The number of carbonyl (C=O) groups excluding carboxylic acids is 1. The number of carbonyl (C=O) groups is 1. The van der Waals surface area contributed by atoms with E-state index in [4.69, 9.17) is 14.7 Å². The zero-order chi connectivity index (χ0) is 23.7. The molecule has 1 amide bonds. The summed E-state index contributed by atoms with van der Waals surface area (Å²) in [5.74, 6) is 1.95. The number of hydrogen-bond acceptors (Lipinski definition) is 6. The van der Waals surface area contributed by atoms with Gasteiger partial charge in [-0.15, -0.1) is 0 Å². The molecule has 1 unspecified atom stereocenters. The van der Waals surface area contributed by atoms with Crippen LogP contribution in [0.5, 0.6) is 0 Å². The number of rotatable bonds is 7. The summed E-state index contributed by atoms with van der Waals surface area (Å²) in [6.45, 7) is 6.15. The third kappa shape index (κ3) is 4.76. The largest absolute Gasteiger partial charge is 0.376 e. The van der Waals surface area contributed by atoms with E-state index >= 15 is 0 Å². The van der Waals surface area contributed by atoms with E-state index in [2.05, 4.69) is 29.6 Å². The Bertz CT molecular complexity index is 1010. The topological polar surface area (TPSA) is 70.6 Å². The number of benzene rings is 1. The first-order chi connectivity index (χ1) is 16.5. The van der Waals surface area contributed by atoms with Gasteiger partial charge in [-0.3, -0.25) is 4.79 Å². The molecule has 5 rings (SSSR count). The maximum Gasteiger partial charge on any atom is 0.273 e. The number of anilines is 3. The first kappa shape index (κ1) is 23.1. The van der Waals surface area contributed by atoms with Crippen LogP contribution in [0.2, 0.25) is 0 Å². The van der Waals surface area contributed by atoms with Gasteiger partial charge >= 0.3 is 0 Å². The van der Waals surface area contributed by atoms with Crippen LogP contribution in [0.15, 0.2) is 24.3 Å². The fourth-order valence-electron chi connectivity index (χ4n) is 5.45. The van der Waals surface area contributed by atoms with Crippen molar-refractivity contribution in [2.45, 2.75) is 83.4 Å². The first-order valence-electron chi connectivity index (χ1n) is 12.9. The van der Waals surface area contributed by atoms with Crippen molar-refractivity contribution in [3.8, 4) is 0 Å². The van der Waals surface area contributed by atoms with Gasteiger partial charge in [-0.25, -0.2) is 4.98 Å². The predicted molar refractivity (Wildman–Crippen MR) is 135 cm³/mol. The van der Waals surface area contributed by atoms with Crippen LogP contribution in [0.25, 0.3) is 0 Å². The molecule has 1 aromatic heterocycles. The first-order valence-corrected chi connectivity index (χ1v) is 12.9. The van der Waals surface area contributed by atoms with E-state index in [1.165, 1.54) is 37.7 Å². The number of nitrogens with zero attached hydrogens (tertiary/aromatic N) is 4. The number of ether oxygens (including phenoxy) is 1. The van der Waals surface area contributed by atoms with E-state index in [0.29, 0.717) is 24.1 Å². The molecule has 2 aromatic rings. The molecule has 0 bridgehead atoms. The number of hydrogen-bond donors (Lipinski definition) is 1. The summed E-state index contributed by atoms with van der Waals surface area (Å²) in [6.07, 6.45) is 8.95. The van der Waals surface area contributed by atoms with Crippen LogP contribution in [-0.4, -0.2) is 53.1 Å². The lowest BCUT2D eigenvalue weighted by molar-refractivity contribution is 0.0726. The molecule has 1 atom stereocenters. The van der Waals surface area contributed by atoms with Crippen molar-refractivity contribution < 1.29 is 9.53 Å². The summed E-state index contributed by atoms with van der Waals surface area (Å²) in [7, 11) is 1.98. The molecule has 2 aliphatic heterocycles. The summed E-state index contributed by atoms with van der Waals surface area (Å²) in [6, 6.07) is 8.89. The van der Waals surface area contributed by atoms with Crippen molar-refractivity contribution in [3.05, 3.63) is 41.1 Å². The Morgan fingerprint density at radius 3 is 2.53 bits per heavy atom. The fourth-order valence-corrected chi connectivity index (χ4v) is 5.45. The van der Waals surface area contributed by atoms with Gasteiger partial charge in [0.1, 0.15) is 11.5 Å². The number of likely N-dealkylation sites (N-methyl/N-ethyl adjacent to an activating group) is 1. The highest BCUT2D eigenvalue weighted by Gasteiger charge is 2.35. The maximum atomic E-state index is 13.1. The van der Waals surface area contributed by atoms with Gasteiger partial charge in [-0.2, -0.15) is 4.98 Å². The zero-order valence-corrected chi connectivity index (χ0v) is 20.7. The van der Waals surface area contributed by atoms with Crippen molar-refractivity contribution in [2.24, 2.45) is 0 Å². The molecule has 1 saturated carbocycles. The van der Waals surface area contributed by atoms with E-state index in [1.807, 2.05) is 30.7 Å². The Hall–Kier alpha value is -2.67. The average molecular weight is 464 g/mol. The van der Waals surface area contributed by atoms with Crippen LogP contribution >= 0.6 is 0 Å². The van der Waals surface area contributed by atoms with Crippen LogP contribution < -0.4 is 10.2 Å². The molecule has 2 fully saturated rings. The monoisotopic (exact) mass is 463 g/mol. The molecule has 3 heterocycles. The minimum Gasteiger partial charge on any atom is -0.376 e. The Balaban J connectivity index is 1.41. The van der Waals surface area contributed by atoms with Crippen molar-refractivity contribution >= 4 is 23.4 Å². The lowest BCUT2D eigenvalue weighted by Gasteiger charge is -2.23. The highest BCUT2D eigenvalue weighted by molar-refractivity contribution is 5.98. The highest BCUT2D eigenvalue weighted by Crippen LogP contribution is 2.35. The van der Waals surface area contributed by atoms with Crippen molar-refractivity contribution in [2.75, 3.05) is 30.4 Å². The second-order valence-corrected chi connectivity index (χ2v) is 10.3. The molecule has 1 saturated heterocycles. The minimum atomic E-state index is -0.0186. The fraction of sp³-hybridized carbons (Fsp3) is 0.593. The molecule has 1 aromatic carbocycles.